The van der Waals surface area contributed by atoms with Crippen molar-refractivity contribution in [3.8, 4) is 6.07 Å². The third kappa shape index (κ3) is 4.48. The molecule has 3 aromatic rings. The SMILES string of the molecule is Cc1nc(N)nc(NC(C)c2nc3ccn(C)c3cc2N2CC3CC2CN3C(=O)OC(C)(C)C)c1C#N. The Morgan fingerprint density at radius 2 is 2.03 bits per heavy atom. The van der Waals surface area contributed by atoms with E-state index in [0.717, 1.165) is 28.8 Å². The van der Waals surface area contributed by atoms with E-state index < -0.39 is 5.60 Å². The van der Waals surface area contributed by atoms with Gasteiger partial charge in [0.25, 0.3) is 0 Å². The Morgan fingerprint density at radius 1 is 1.27 bits per heavy atom. The van der Waals surface area contributed by atoms with Crippen LogP contribution >= 0.6 is 0 Å². The number of piperazine rings is 1. The zero-order valence-electron chi connectivity index (χ0n) is 22.1. The van der Waals surface area contributed by atoms with E-state index in [1.807, 2.05) is 51.9 Å². The first-order valence-electron chi connectivity index (χ1n) is 12.5. The summed E-state index contributed by atoms with van der Waals surface area (Å²) < 4.78 is 7.69. The maximum Gasteiger partial charge on any atom is 0.410 e. The predicted molar refractivity (Wildman–Crippen MR) is 141 cm³/mol. The van der Waals surface area contributed by atoms with Gasteiger partial charge in [-0.3, -0.25) is 0 Å². The number of likely N-dealkylation sites (tertiary alicyclic amines) is 1. The van der Waals surface area contributed by atoms with Gasteiger partial charge in [0.1, 0.15) is 23.1 Å². The number of carbonyl (C=O) groups excluding carboxylic acids is 1. The quantitative estimate of drug-likeness (QED) is 0.548. The van der Waals surface area contributed by atoms with Gasteiger partial charge in [0, 0.05) is 32.4 Å². The van der Waals surface area contributed by atoms with E-state index in [9.17, 15) is 10.1 Å². The number of aryl methyl sites for hydroxylation is 2. The van der Waals surface area contributed by atoms with Crippen LogP contribution in [0.5, 0.6) is 0 Å². The fourth-order valence-electron chi connectivity index (χ4n) is 5.35. The molecule has 1 amide bonds. The number of rotatable bonds is 4. The third-order valence-electron chi connectivity index (χ3n) is 7.04. The van der Waals surface area contributed by atoms with Gasteiger partial charge in [-0.1, -0.05) is 0 Å². The van der Waals surface area contributed by atoms with E-state index in [2.05, 4.69) is 36.9 Å². The number of anilines is 3. The highest BCUT2D eigenvalue weighted by Gasteiger charge is 2.47. The number of fused-ring (bicyclic) bond motifs is 3. The topological polar surface area (TPSA) is 138 Å². The Labute approximate surface area is 216 Å². The molecule has 5 heterocycles. The Kier molecular flexibility index (Phi) is 5.85. The number of nitrogens with one attached hydrogen (secondary N) is 1. The minimum Gasteiger partial charge on any atom is -0.444 e. The minimum absolute atomic E-state index is 0.0783. The summed E-state index contributed by atoms with van der Waals surface area (Å²) in [7, 11) is 2.00. The number of aromatic nitrogens is 4. The molecule has 2 aliphatic heterocycles. The summed E-state index contributed by atoms with van der Waals surface area (Å²) in [5, 5.41) is 13.0. The average Bonchev–Trinajstić information content (AvgIpc) is 3.51. The number of pyridine rings is 1. The molecular formula is C26H33N9O2. The highest BCUT2D eigenvalue weighted by Crippen LogP contribution is 2.40. The van der Waals surface area contributed by atoms with E-state index >= 15 is 0 Å². The molecule has 0 spiro atoms. The molecule has 3 aromatic heterocycles. The number of carbonyl (C=O) groups is 1. The maximum atomic E-state index is 12.8. The van der Waals surface area contributed by atoms with Gasteiger partial charge in [-0.05, 0) is 53.2 Å². The number of nitrogens with two attached hydrogens (primary N) is 1. The van der Waals surface area contributed by atoms with Crippen molar-refractivity contribution in [1.29, 1.82) is 5.26 Å². The fourth-order valence-corrected chi connectivity index (χ4v) is 5.35. The van der Waals surface area contributed by atoms with Crippen LogP contribution in [-0.2, 0) is 11.8 Å². The first-order chi connectivity index (χ1) is 17.4. The highest BCUT2D eigenvalue weighted by atomic mass is 16.6. The molecule has 0 radical (unpaired) electrons. The van der Waals surface area contributed by atoms with Crippen molar-refractivity contribution >= 4 is 34.6 Å². The molecule has 37 heavy (non-hydrogen) atoms. The van der Waals surface area contributed by atoms with Crippen molar-refractivity contribution in [1.82, 2.24) is 24.4 Å². The van der Waals surface area contributed by atoms with Crippen molar-refractivity contribution in [3.05, 3.63) is 35.3 Å². The van der Waals surface area contributed by atoms with Crippen LogP contribution in [0.15, 0.2) is 18.3 Å². The molecule has 0 aliphatic carbocycles. The van der Waals surface area contributed by atoms with Crippen LogP contribution < -0.4 is 16.0 Å². The Balaban J connectivity index is 1.48. The molecule has 0 aromatic carbocycles. The van der Waals surface area contributed by atoms with Gasteiger partial charge < -0.3 is 30.2 Å². The van der Waals surface area contributed by atoms with E-state index in [0.29, 0.717) is 30.2 Å². The van der Waals surface area contributed by atoms with E-state index in [-0.39, 0.29) is 30.2 Å². The molecular weight excluding hydrogens is 470 g/mol. The van der Waals surface area contributed by atoms with Crippen molar-refractivity contribution in [2.24, 2.45) is 7.05 Å². The maximum absolute atomic E-state index is 12.8. The van der Waals surface area contributed by atoms with Gasteiger partial charge in [0.15, 0.2) is 0 Å². The van der Waals surface area contributed by atoms with Crippen molar-refractivity contribution < 1.29 is 9.53 Å². The summed E-state index contributed by atoms with van der Waals surface area (Å²) in [4.78, 5) is 30.4. The molecule has 2 fully saturated rings. The Morgan fingerprint density at radius 3 is 2.68 bits per heavy atom. The molecule has 194 valence electrons. The van der Waals surface area contributed by atoms with Gasteiger partial charge in [-0.15, -0.1) is 0 Å². The second-order valence-corrected chi connectivity index (χ2v) is 10.9. The Bertz CT molecular complexity index is 1420. The lowest BCUT2D eigenvalue weighted by Gasteiger charge is -2.37. The van der Waals surface area contributed by atoms with E-state index in [4.69, 9.17) is 15.5 Å². The first kappa shape index (κ1) is 24.6. The molecule has 2 aliphatic rings. The second-order valence-electron chi connectivity index (χ2n) is 10.9. The van der Waals surface area contributed by atoms with Gasteiger partial charge in [-0.2, -0.15) is 10.2 Å². The molecule has 11 nitrogen and oxygen atoms in total. The number of hydrogen-bond donors (Lipinski definition) is 2. The summed E-state index contributed by atoms with van der Waals surface area (Å²) >= 11 is 0. The molecule has 3 unspecified atom stereocenters. The second kappa shape index (κ2) is 8.80. The number of ether oxygens (including phenoxy) is 1. The smallest absolute Gasteiger partial charge is 0.410 e. The monoisotopic (exact) mass is 503 g/mol. The number of nitrogen functional groups attached to an aromatic ring is 1. The predicted octanol–water partition coefficient (Wildman–Crippen LogP) is 3.50. The van der Waals surface area contributed by atoms with Crippen molar-refractivity contribution in [2.45, 2.75) is 64.8 Å². The van der Waals surface area contributed by atoms with Gasteiger partial charge >= 0.3 is 6.09 Å². The van der Waals surface area contributed by atoms with Crippen LogP contribution in [0, 0.1) is 18.3 Å². The standard InChI is InChI=1S/C26H33N9O2/c1-14-18(11-27)23(32-24(28)30-14)29-15(2)22-21(10-20-19(31-22)7-8-33(20)6)34-12-17-9-16(34)13-35(17)25(36)37-26(3,4)5/h7-8,10,15-17H,9,12-13H2,1-6H3,(H3,28,29,30,32). The van der Waals surface area contributed by atoms with Crippen LogP contribution in [0.25, 0.3) is 11.0 Å². The summed E-state index contributed by atoms with van der Waals surface area (Å²) in [5.41, 5.74) is 9.99. The highest BCUT2D eigenvalue weighted by molar-refractivity contribution is 5.82. The molecule has 5 rings (SSSR count). The zero-order chi connectivity index (χ0) is 26.6. The lowest BCUT2D eigenvalue weighted by molar-refractivity contribution is 0.0214. The molecule has 3 atom stereocenters. The summed E-state index contributed by atoms with van der Waals surface area (Å²) in [5.74, 6) is 0.497. The van der Waals surface area contributed by atoms with E-state index in [1.165, 1.54) is 0 Å². The van der Waals surface area contributed by atoms with Crippen LogP contribution in [0.3, 0.4) is 0 Å². The van der Waals surface area contributed by atoms with Crippen LogP contribution in [0.4, 0.5) is 22.2 Å². The van der Waals surface area contributed by atoms with Crippen molar-refractivity contribution in [2.75, 3.05) is 29.0 Å². The largest absolute Gasteiger partial charge is 0.444 e. The van der Waals surface area contributed by atoms with Crippen LogP contribution in [0.2, 0.25) is 0 Å². The molecule has 2 bridgehead atoms. The fraction of sp³-hybridized carbons (Fsp3) is 0.500. The minimum atomic E-state index is -0.528. The molecule has 11 heteroatoms. The van der Waals surface area contributed by atoms with E-state index in [1.54, 1.807) is 6.92 Å². The number of hydrogen-bond acceptors (Lipinski definition) is 9. The summed E-state index contributed by atoms with van der Waals surface area (Å²) in [6.07, 6.45) is 2.62. The van der Waals surface area contributed by atoms with Gasteiger partial charge in [0.2, 0.25) is 5.95 Å². The lowest BCUT2D eigenvalue weighted by atomic mass is 10.1. The van der Waals surface area contributed by atoms with Gasteiger partial charge in [0.05, 0.1) is 40.2 Å². The average molecular weight is 504 g/mol. The molecule has 0 saturated carbocycles. The number of nitrogens with zero attached hydrogens (tertiary/aromatic N) is 7. The molecule has 3 N–H and O–H groups in total. The van der Waals surface area contributed by atoms with Crippen molar-refractivity contribution in [3.63, 3.8) is 0 Å². The number of nitriles is 1. The number of amides is 1. The van der Waals surface area contributed by atoms with Gasteiger partial charge in [-0.25, -0.2) is 14.8 Å². The normalized spacial score (nSPS) is 19.8. The van der Waals surface area contributed by atoms with Crippen LogP contribution in [0.1, 0.15) is 57.1 Å². The lowest BCUT2D eigenvalue weighted by Crippen LogP contribution is -2.50. The first-order valence-corrected chi connectivity index (χ1v) is 12.5. The Hall–Kier alpha value is -4.07. The summed E-state index contributed by atoms with van der Waals surface area (Å²) in [6.45, 7) is 10.7. The third-order valence-corrected chi connectivity index (χ3v) is 7.04. The van der Waals surface area contributed by atoms with Crippen LogP contribution in [-0.4, -0.2) is 61.3 Å². The molecule has 2 saturated heterocycles. The zero-order valence-corrected chi connectivity index (χ0v) is 22.1. The summed E-state index contributed by atoms with van der Waals surface area (Å²) in [6, 6.07) is 6.30.